The summed E-state index contributed by atoms with van der Waals surface area (Å²) in [7, 11) is 1.77. The molecule has 1 aromatic heterocycles. The molecule has 0 amide bonds. The summed E-state index contributed by atoms with van der Waals surface area (Å²) in [5.74, 6) is -0.263. The van der Waals surface area contributed by atoms with E-state index in [0.29, 0.717) is 5.02 Å². The van der Waals surface area contributed by atoms with Crippen molar-refractivity contribution in [3.8, 4) is 16.9 Å². The lowest BCUT2D eigenvalue weighted by atomic mass is 10.0. The first-order chi connectivity index (χ1) is 13.6. The van der Waals surface area contributed by atoms with Gasteiger partial charge in [-0.25, -0.2) is 9.07 Å². The van der Waals surface area contributed by atoms with Crippen LogP contribution in [0.2, 0.25) is 5.02 Å². The number of hydrogen-bond acceptors (Lipinski definition) is 3. The lowest BCUT2D eigenvalue weighted by Crippen LogP contribution is -2.38. The number of nitrogens with zero attached hydrogens (tertiary/aromatic N) is 3. The first-order valence-corrected chi connectivity index (χ1v) is 9.86. The molecule has 1 fully saturated rings. The van der Waals surface area contributed by atoms with Gasteiger partial charge in [0.2, 0.25) is 0 Å². The van der Waals surface area contributed by atoms with Crippen molar-refractivity contribution in [3.63, 3.8) is 0 Å². The van der Waals surface area contributed by atoms with E-state index in [0.717, 1.165) is 55.0 Å². The van der Waals surface area contributed by atoms with Crippen LogP contribution in [0.25, 0.3) is 16.9 Å². The average Bonchev–Trinajstić information content (AvgIpc) is 3.12. The fourth-order valence-corrected chi connectivity index (χ4v) is 3.95. The SMILES string of the molecule is CO[C@@H]1CCCN(Cc2cn(-c3ccc(F)cc3)nc2-c2ccccc2Cl)C1. The predicted octanol–water partition coefficient (Wildman–Crippen LogP) is 4.94. The molecule has 1 saturated heterocycles. The van der Waals surface area contributed by atoms with Crippen LogP contribution in [-0.4, -0.2) is 41.0 Å². The van der Waals surface area contributed by atoms with Crippen LogP contribution >= 0.6 is 11.6 Å². The molecule has 0 bridgehead atoms. The zero-order chi connectivity index (χ0) is 19.5. The predicted molar refractivity (Wildman–Crippen MR) is 109 cm³/mol. The number of likely N-dealkylation sites (tertiary alicyclic amines) is 1. The summed E-state index contributed by atoms with van der Waals surface area (Å²) in [5, 5.41) is 5.47. The molecule has 1 atom stereocenters. The summed E-state index contributed by atoms with van der Waals surface area (Å²) in [4.78, 5) is 2.39. The van der Waals surface area contributed by atoms with E-state index in [1.54, 1.807) is 23.9 Å². The molecule has 6 heteroatoms. The van der Waals surface area contributed by atoms with E-state index >= 15 is 0 Å². The van der Waals surface area contributed by atoms with Gasteiger partial charge in [0.25, 0.3) is 0 Å². The molecule has 0 unspecified atom stereocenters. The maximum absolute atomic E-state index is 13.3. The topological polar surface area (TPSA) is 30.3 Å². The van der Waals surface area contributed by atoms with Crippen molar-refractivity contribution in [1.82, 2.24) is 14.7 Å². The van der Waals surface area contributed by atoms with Crippen LogP contribution in [0.4, 0.5) is 4.39 Å². The summed E-state index contributed by atoms with van der Waals surface area (Å²) in [6.07, 6.45) is 4.50. The summed E-state index contributed by atoms with van der Waals surface area (Å²) in [5.41, 5.74) is 3.67. The first-order valence-electron chi connectivity index (χ1n) is 9.48. The molecule has 4 rings (SSSR count). The van der Waals surface area contributed by atoms with Crippen molar-refractivity contribution < 1.29 is 9.13 Å². The van der Waals surface area contributed by atoms with Gasteiger partial charge in [-0.05, 0) is 49.7 Å². The quantitative estimate of drug-likeness (QED) is 0.608. The summed E-state index contributed by atoms with van der Waals surface area (Å²) >= 11 is 6.46. The smallest absolute Gasteiger partial charge is 0.123 e. The Morgan fingerprint density at radius 2 is 1.96 bits per heavy atom. The van der Waals surface area contributed by atoms with Crippen LogP contribution in [-0.2, 0) is 11.3 Å². The second-order valence-electron chi connectivity index (χ2n) is 7.14. The van der Waals surface area contributed by atoms with Gasteiger partial charge < -0.3 is 4.74 Å². The number of halogens is 2. The highest BCUT2D eigenvalue weighted by molar-refractivity contribution is 6.33. The minimum Gasteiger partial charge on any atom is -0.380 e. The van der Waals surface area contributed by atoms with Crippen molar-refractivity contribution in [1.29, 1.82) is 0 Å². The van der Waals surface area contributed by atoms with Crippen LogP contribution in [0.15, 0.2) is 54.7 Å². The number of hydrogen-bond donors (Lipinski definition) is 0. The van der Waals surface area contributed by atoms with E-state index in [9.17, 15) is 4.39 Å². The maximum Gasteiger partial charge on any atom is 0.123 e. The number of aromatic nitrogens is 2. The zero-order valence-corrected chi connectivity index (χ0v) is 16.6. The molecular weight excluding hydrogens is 377 g/mol. The molecule has 2 heterocycles. The van der Waals surface area contributed by atoms with E-state index in [1.807, 2.05) is 30.5 Å². The molecule has 4 nitrogen and oxygen atoms in total. The van der Waals surface area contributed by atoms with Gasteiger partial charge in [-0.1, -0.05) is 29.8 Å². The molecule has 0 radical (unpaired) electrons. The van der Waals surface area contributed by atoms with Gasteiger partial charge in [0.05, 0.1) is 22.5 Å². The Bertz CT molecular complexity index is 941. The fraction of sp³-hybridized carbons (Fsp3) is 0.318. The van der Waals surface area contributed by atoms with Crippen molar-refractivity contribution in [2.45, 2.75) is 25.5 Å². The minimum atomic E-state index is -0.263. The average molecular weight is 400 g/mol. The van der Waals surface area contributed by atoms with Crippen molar-refractivity contribution in [3.05, 3.63) is 71.1 Å². The van der Waals surface area contributed by atoms with Crippen LogP contribution < -0.4 is 0 Å². The second kappa shape index (κ2) is 8.43. The van der Waals surface area contributed by atoms with Crippen molar-refractivity contribution in [2.75, 3.05) is 20.2 Å². The molecule has 3 aromatic rings. The lowest BCUT2D eigenvalue weighted by molar-refractivity contribution is 0.0286. The molecule has 28 heavy (non-hydrogen) atoms. The van der Waals surface area contributed by atoms with Crippen LogP contribution in [0, 0.1) is 5.82 Å². The molecule has 146 valence electrons. The van der Waals surface area contributed by atoms with E-state index in [-0.39, 0.29) is 11.9 Å². The van der Waals surface area contributed by atoms with Crippen LogP contribution in [0.5, 0.6) is 0 Å². The Hall–Kier alpha value is -2.21. The van der Waals surface area contributed by atoms with Gasteiger partial charge in [0.1, 0.15) is 5.82 Å². The van der Waals surface area contributed by atoms with E-state index in [2.05, 4.69) is 4.90 Å². The largest absolute Gasteiger partial charge is 0.380 e. The standard InChI is InChI=1S/C22H23ClFN3O/c1-28-19-5-4-12-26(15-19)13-16-14-27(18-10-8-17(24)9-11-18)25-22(16)20-6-2-3-7-21(20)23/h2-3,6-11,14,19H,4-5,12-13,15H2,1H3/t19-/m1/s1. The van der Waals surface area contributed by atoms with Gasteiger partial charge in [-0.2, -0.15) is 5.10 Å². The van der Waals surface area contributed by atoms with Gasteiger partial charge >= 0.3 is 0 Å². The monoisotopic (exact) mass is 399 g/mol. The Kier molecular flexibility index (Phi) is 5.76. The maximum atomic E-state index is 13.3. The Labute approximate surface area is 169 Å². The molecule has 0 spiro atoms. The number of ether oxygens (including phenoxy) is 1. The minimum absolute atomic E-state index is 0.263. The number of methoxy groups -OCH3 is 1. The third-order valence-corrected chi connectivity index (χ3v) is 5.53. The van der Waals surface area contributed by atoms with Gasteiger partial charge in [0.15, 0.2) is 0 Å². The normalized spacial score (nSPS) is 17.8. The van der Waals surface area contributed by atoms with Gasteiger partial charge in [0, 0.05) is 37.5 Å². The Balaban J connectivity index is 1.70. The summed E-state index contributed by atoms with van der Waals surface area (Å²) in [6.45, 7) is 2.70. The molecule has 1 aliphatic rings. The number of rotatable bonds is 5. The van der Waals surface area contributed by atoms with Gasteiger partial charge in [-0.3, -0.25) is 4.90 Å². The molecular formula is C22H23ClFN3O. The fourth-order valence-electron chi connectivity index (χ4n) is 3.72. The van der Waals surface area contributed by atoms with Crippen molar-refractivity contribution >= 4 is 11.6 Å². The molecule has 2 aromatic carbocycles. The molecule has 0 aliphatic carbocycles. The summed E-state index contributed by atoms with van der Waals surface area (Å²) < 4.78 is 20.7. The third kappa shape index (κ3) is 4.12. The Morgan fingerprint density at radius 3 is 2.71 bits per heavy atom. The van der Waals surface area contributed by atoms with E-state index in [1.165, 1.54) is 12.1 Å². The lowest BCUT2D eigenvalue weighted by Gasteiger charge is -2.31. The van der Waals surface area contributed by atoms with Crippen LogP contribution in [0.3, 0.4) is 0 Å². The van der Waals surface area contributed by atoms with Crippen LogP contribution in [0.1, 0.15) is 18.4 Å². The first kappa shape index (κ1) is 19.1. The highest BCUT2D eigenvalue weighted by Crippen LogP contribution is 2.31. The third-order valence-electron chi connectivity index (χ3n) is 5.20. The van der Waals surface area contributed by atoms with Crippen molar-refractivity contribution in [2.24, 2.45) is 0 Å². The second-order valence-corrected chi connectivity index (χ2v) is 7.55. The highest BCUT2D eigenvalue weighted by atomic mass is 35.5. The van der Waals surface area contributed by atoms with E-state index < -0.39 is 0 Å². The van der Waals surface area contributed by atoms with Gasteiger partial charge in [-0.15, -0.1) is 0 Å². The Morgan fingerprint density at radius 1 is 1.18 bits per heavy atom. The molecule has 0 N–H and O–H groups in total. The van der Waals surface area contributed by atoms with E-state index in [4.69, 9.17) is 21.4 Å². The zero-order valence-electron chi connectivity index (χ0n) is 15.8. The number of piperidine rings is 1. The number of benzene rings is 2. The highest BCUT2D eigenvalue weighted by Gasteiger charge is 2.22. The summed E-state index contributed by atoms with van der Waals surface area (Å²) in [6, 6.07) is 14.1. The molecule has 1 aliphatic heterocycles. The molecule has 0 saturated carbocycles.